The SMILES string of the molecule is [C-]#[N+]c1cc(F)cc(Oc2ccc3c4c2[C@H](F)C(F)(F)C[C@@]4(O)C(F)(F)C3(F)F)c1. The van der Waals surface area contributed by atoms with Gasteiger partial charge in [-0.05, 0) is 24.3 Å². The van der Waals surface area contributed by atoms with Crippen LogP contribution < -0.4 is 4.74 Å². The van der Waals surface area contributed by atoms with E-state index in [0.29, 0.717) is 18.2 Å². The second-order valence-electron chi connectivity index (χ2n) is 7.07. The summed E-state index contributed by atoms with van der Waals surface area (Å²) in [5.74, 6) is -17.4. The molecule has 0 radical (unpaired) electrons. The summed E-state index contributed by atoms with van der Waals surface area (Å²) in [5, 5.41) is 10.3. The number of alkyl halides is 7. The predicted octanol–water partition coefficient (Wildman–Crippen LogP) is 6.15. The Bertz CT molecular complexity index is 1110. The molecule has 0 aliphatic heterocycles. The van der Waals surface area contributed by atoms with Crippen molar-refractivity contribution < 1.29 is 45.0 Å². The third kappa shape index (κ3) is 2.40. The molecule has 0 unspecified atom stereocenters. The van der Waals surface area contributed by atoms with Crippen molar-refractivity contribution in [1.29, 1.82) is 0 Å². The number of ether oxygens (including phenoxy) is 1. The lowest BCUT2D eigenvalue weighted by atomic mass is 9.75. The highest BCUT2D eigenvalue weighted by molar-refractivity contribution is 5.60. The molecule has 3 nitrogen and oxygen atoms in total. The minimum absolute atomic E-state index is 0.281. The van der Waals surface area contributed by atoms with Crippen LogP contribution in [0.3, 0.4) is 0 Å². The number of hydrogen-bond donors (Lipinski definition) is 1. The summed E-state index contributed by atoms with van der Waals surface area (Å²) < 4.78 is 119. The Hall–Kier alpha value is -2.87. The molecule has 0 aromatic heterocycles. The number of benzene rings is 2. The van der Waals surface area contributed by atoms with Crippen molar-refractivity contribution in [3.05, 3.63) is 64.3 Å². The Balaban J connectivity index is 1.97. The predicted molar refractivity (Wildman–Crippen MR) is 85.3 cm³/mol. The zero-order valence-electron chi connectivity index (χ0n) is 14.5. The molecule has 0 heterocycles. The van der Waals surface area contributed by atoms with E-state index >= 15 is 0 Å². The molecule has 0 fully saturated rings. The van der Waals surface area contributed by atoms with Crippen molar-refractivity contribution >= 4 is 5.69 Å². The number of hydrogen-bond acceptors (Lipinski definition) is 2. The molecule has 2 aliphatic carbocycles. The van der Waals surface area contributed by atoms with Gasteiger partial charge in [0, 0.05) is 22.8 Å². The van der Waals surface area contributed by atoms with Gasteiger partial charge in [-0.2, -0.15) is 17.6 Å². The molecule has 0 saturated carbocycles. The van der Waals surface area contributed by atoms with Crippen molar-refractivity contribution in [2.45, 2.75) is 36.0 Å². The van der Waals surface area contributed by atoms with E-state index in [4.69, 9.17) is 11.3 Å². The molecular weight excluding hydrogens is 426 g/mol. The van der Waals surface area contributed by atoms with Crippen molar-refractivity contribution in [3.8, 4) is 11.5 Å². The van der Waals surface area contributed by atoms with E-state index in [9.17, 15) is 40.2 Å². The summed E-state index contributed by atoms with van der Waals surface area (Å²) in [6.07, 6.45) is -5.63. The van der Waals surface area contributed by atoms with Gasteiger partial charge in [0.05, 0.1) is 13.0 Å². The monoisotopic (exact) mass is 435 g/mol. The molecule has 158 valence electrons. The molecule has 30 heavy (non-hydrogen) atoms. The molecule has 0 spiro atoms. The first-order valence-electron chi connectivity index (χ1n) is 8.30. The number of halogens is 8. The van der Waals surface area contributed by atoms with E-state index in [-0.39, 0.29) is 5.69 Å². The van der Waals surface area contributed by atoms with Gasteiger partial charge < -0.3 is 9.84 Å². The van der Waals surface area contributed by atoms with Crippen LogP contribution in [0.5, 0.6) is 11.5 Å². The van der Waals surface area contributed by atoms with Crippen LogP contribution in [-0.4, -0.2) is 17.0 Å². The summed E-state index contributed by atoms with van der Waals surface area (Å²) >= 11 is 0. The van der Waals surface area contributed by atoms with Gasteiger partial charge in [-0.3, -0.25) is 0 Å². The summed E-state index contributed by atoms with van der Waals surface area (Å²) in [6, 6.07) is 3.40. The van der Waals surface area contributed by atoms with Gasteiger partial charge in [-0.15, -0.1) is 0 Å². The van der Waals surface area contributed by atoms with Crippen LogP contribution in [0.25, 0.3) is 4.85 Å². The molecule has 2 aromatic rings. The van der Waals surface area contributed by atoms with Crippen molar-refractivity contribution in [3.63, 3.8) is 0 Å². The lowest BCUT2D eigenvalue weighted by molar-refractivity contribution is -0.306. The first-order valence-corrected chi connectivity index (χ1v) is 8.30. The Morgan fingerprint density at radius 1 is 1.07 bits per heavy atom. The standard InChI is InChI=1S/C19H9F8NO2/c1-28-9-4-8(20)5-10(6-9)30-12-3-2-11-14-13(12)15(21)17(22,23)7-16(14,29)19(26,27)18(11,24)25/h2-6,15,29H,7H2/t15-,16-/m0/s1. The minimum atomic E-state index is -5.35. The summed E-state index contributed by atoms with van der Waals surface area (Å²) in [5.41, 5.74) is -8.60. The third-order valence-corrected chi connectivity index (χ3v) is 5.20. The van der Waals surface area contributed by atoms with Gasteiger partial charge in [0.25, 0.3) is 5.92 Å². The van der Waals surface area contributed by atoms with Gasteiger partial charge in [0.1, 0.15) is 17.3 Å². The smallest absolute Gasteiger partial charge is 0.346 e. The first kappa shape index (κ1) is 20.4. The average molecular weight is 435 g/mol. The molecule has 4 rings (SSSR count). The quantitative estimate of drug-likeness (QED) is 0.454. The molecule has 2 atom stereocenters. The molecule has 0 saturated heterocycles. The maximum absolute atomic E-state index is 14.6. The van der Waals surface area contributed by atoms with E-state index in [2.05, 4.69) is 4.85 Å². The molecule has 11 heteroatoms. The topological polar surface area (TPSA) is 33.8 Å². The summed E-state index contributed by atoms with van der Waals surface area (Å²) in [7, 11) is 0. The van der Waals surface area contributed by atoms with Crippen LogP contribution in [0.1, 0.15) is 29.3 Å². The highest BCUT2D eigenvalue weighted by Crippen LogP contribution is 2.68. The zero-order chi connectivity index (χ0) is 22.3. The Morgan fingerprint density at radius 3 is 2.37 bits per heavy atom. The highest BCUT2D eigenvalue weighted by atomic mass is 19.3. The summed E-state index contributed by atoms with van der Waals surface area (Å²) in [4.78, 5) is 2.94. The Morgan fingerprint density at radius 2 is 1.73 bits per heavy atom. The number of nitrogens with zero attached hydrogens (tertiary/aromatic N) is 1. The first-order chi connectivity index (χ1) is 13.8. The van der Waals surface area contributed by atoms with Gasteiger partial charge in [-0.1, -0.05) is 0 Å². The molecular formula is C19H9F8NO2. The molecule has 2 aromatic carbocycles. The Labute approximate surface area is 163 Å². The lowest BCUT2D eigenvalue weighted by Gasteiger charge is -2.40. The van der Waals surface area contributed by atoms with Crippen LogP contribution in [0.2, 0.25) is 0 Å². The largest absolute Gasteiger partial charge is 0.458 e. The molecule has 0 amide bonds. The lowest BCUT2D eigenvalue weighted by Crippen LogP contribution is -2.54. The fourth-order valence-electron chi connectivity index (χ4n) is 3.87. The van der Waals surface area contributed by atoms with E-state index in [1.807, 2.05) is 0 Å². The second-order valence-corrected chi connectivity index (χ2v) is 7.07. The second kappa shape index (κ2) is 5.85. The van der Waals surface area contributed by atoms with Gasteiger partial charge in [0.15, 0.2) is 17.5 Å². The van der Waals surface area contributed by atoms with E-state index in [1.165, 1.54) is 0 Å². The average Bonchev–Trinajstić information content (AvgIpc) is 2.75. The fourth-order valence-corrected chi connectivity index (χ4v) is 3.87. The molecule has 2 aliphatic rings. The van der Waals surface area contributed by atoms with Crippen molar-refractivity contribution in [2.24, 2.45) is 0 Å². The van der Waals surface area contributed by atoms with Crippen molar-refractivity contribution in [2.75, 3.05) is 0 Å². The third-order valence-electron chi connectivity index (χ3n) is 5.20. The maximum atomic E-state index is 14.6. The summed E-state index contributed by atoms with van der Waals surface area (Å²) in [6.45, 7) is 6.87. The van der Waals surface area contributed by atoms with Gasteiger partial charge in [-0.25, -0.2) is 22.4 Å². The Kier molecular flexibility index (Phi) is 3.98. The van der Waals surface area contributed by atoms with Crippen LogP contribution in [0, 0.1) is 12.4 Å². The molecule has 1 N–H and O–H groups in total. The van der Waals surface area contributed by atoms with Gasteiger partial charge in [0.2, 0.25) is 0 Å². The number of aliphatic hydroxyl groups is 1. The fraction of sp³-hybridized carbons (Fsp3) is 0.316. The van der Waals surface area contributed by atoms with E-state index < -0.39 is 70.0 Å². The minimum Gasteiger partial charge on any atom is -0.458 e. The van der Waals surface area contributed by atoms with E-state index in [0.717, 1.165) is 12.1 Å². The van der Waals surface area contributed by atoms with Crippen LogP contribution in [-0.2, 0) is 11.5 Å². The van der Waals surface area contributed by atoms with Crippen LogP contribution in [0.4, 0.5) is 40.8 Å². The van der Waals surface area contributed by atoms with Crippen molar-refractivity contribution in [1.82, 2.24) is 0 Å². The van der Waals surface area contributed by atoms with Crippen LogP contribution in [0.15, 0.2) is 30.3 Å². The normalized spacial score (nSPS) is 27.3. The van der Waals surface area contributed by atoms with E-state index in [1.54, 1.807) is 0 Å². The molecule has 0 bridgehead atoms. The van der Waals surface area contributed by atoms with Crippen LogP contribution >= 0.6 is 0 Å². The zero-order valence-corrected chi connectivity index (χ0v) is 14.5. The number of rotatable bonds is 2. The highest BCUT2D eigenvalue weighted by Gasteiger charge is 2.80. The van der Waals surface area contributed by atoms with Gasteiger partial charge >= 0.3 is 11.8 Å². The maximum Gasteiger partial charge on any atom is 0.346 e.